The smallest absolute Gasteiger partial charge is 0.429 e. The number of hydrogen-bond acceptors (Lipinski definition) is 2. The van der Waals surface area contributed by atoms with Crippen molar-refractivity contribution < 1.29 is 49.0 Å². The van der Waals surface area contributed by atoms with Crippen LogP contribution in [0.25, 0.3) is 0 Å². The van der Waals surface area contributed by atoms with Crippen molar-refractivity contribution in [3.05, 3.63) is 64.2 Å². The van der Waals surface area contributed by atoms with Gasteiger partial charge in [-0.15, -0.1) is 0 Å². The van der Waals surface area contributed by atoms with Gasteiger partial charge in [0.05, 0.1) is 12.7 Å². The first kappa shape index (κ1) is 23.2. The molecule has 0 aromatic heterocycles. The molecule has 1 aliphatic heterocycles. The number of rotatable bonds is 4. The zero-order chi connectivity index (χ0) is 23.1. The molecule has 0 bridgehead atoms. The topological polar surface area (TPSA) is 18.5 Å². The van der Waals surface area contributed by atoms with Gasteiger partial charge in [0.15, 0.2) is 11.6 Å². The van der Waals surface area contributed by atoms with Crippen LogP contribution >= 0.6 is 0 Å². The van der Waals surface area contributed by atoms with Crippen LogP contribution in [0.5, 0.6) is 5.75 Å². The van der Waals surface area contributed by atoms with E-state index in [9.17, 15) is 39.5 Å². The lowest BCUT2D eigenvalue weighted by Crippen LogP contribution is -2.26. The van der Waals surface area contributed by atoms with Gasteiger partial charge in [0.1, 0.15) is 28.5 Å². The first-order valence-corrected chi connectivity index (χ1v) is 9.04. The average molecular weight is 458 g/mol. The van der Waals surface area contributed by atoms with Gasteiger partial charge >= 0.3 is 12.3 Å². The highest BCUT2D eigenvalue weighted by atomic mass is 19.4. The second-order valence-electron chi connectivity index (χ2n) is 7.13. The molecule has 3 rings (SSSR count). The van der Waals surface area contributed by atoms with Gasteiger partial charge in [-0.05, 0) is 31.4 Å². The normalized spacial score (nSPS) is 20.1. The lowest BCUT2D eigenvalue weighted by atomic mass is 9.90. The molecule has 2 atom stereocenters. The SMILES string of the molecule is CC1CCC(c2ccc(C(F)(F)Oc3cc(F)c(C(F)(F)F)c(F)c3)c(F)c2F)CO1. The van der Waals surface area contributed by atoms with E-state index >= 15 is 0 Å². The Morgan fingerprint density at radius 2 is 1.52 bits per heavy atom. The van der Waals surface area contributed by atoms with Gasteiger partial charge in [-0.2, -0.15) is 22.0 Å². The highest BCUT2D eigenvalue weighted by molar-refractivity contribution is 5.35. The zero-order valence-electron chi connectivity index (χ0n) is 15.8. The molecule has 170 valence electrons. The summed E-state index contributed by atoms with van der Waals surface area (Å²) in [5.74, 6) is -9.82. The van der Waals surface area contributed by atoms with E-state index in [1.54, 1.807) is 6.92 Å². The summed E-state index contributed by atoms with van der Waals surface area (Å²) >= 11 is 0. The molecule has 1 saturated heterocycles. The zero-order valence-corrected chi connectivity index (χ0v) is 15.8. The van der Waals surface area contributed by atoms with Gasteiger partial charge in [0, 0.05) is 18.1 Å². The van der Waals surface area contributed by atoms with E-state index in [0.717, 1.165) is 6.07 Å². The van der Waals surface area contributed by atoms with E-state index in [1.165, 1.54) is 0 Å². The predicted molar refractivity (Wildman–Crippen MR) is 89.6 cm³/mol. The molecule has 2 aromatic carbocycles. The van der Waals surface area contributed by atoms with E-state index in [4.69, 9.17) is 4.74 Å². The van der Waals surface area contributed by atoms with Crippen molar-refractivity contribution in [1.82, 2.24) is 0 Å². The van der Waals surface area contributed by atoms with Gasteiger partial charge in [-0.3, -0.25) is 0 Å². The Bertz CT molecular complexity index is 941. The van der Waals surface area contributed by atoms with Crippen molar-refractivity contribution in [2.75, 3.05) is 6.61 Å². The number of hydrogen-bond donors (Lipinski definition) is 0. The fraction of sp³-hybridized carbons (Fsp3) is 0.400. The molecule has 2 nitrogen and oxygen atoms in total. The van der Waals surface area contributed by atoms with E-state index in [2.05, 4.69) is 4.74 Å². The van der Waals surface area contributed by atoms with Gasteiger partial charge in [-0.1, -0.05) is 6.07 Å². The molecule has 2 unspecified atom stereocenters. The van der Waals surface area contributed by atoms with Crippen LogP contribution in [0.4, 0.5) is 39.5 Å². The molecule has 11 heteroatoms. The molecule has 0 radical (unpaired) electrons. The molecule has 0 aliphatic carbocycles. The van der Waals surface area contributed by atoms with Crippen molar-refractivity contribution in [2.24, 2.45) is 0 Å². The summed E-state index contributed by atoms with van der Waals surface area (Å²) < 4.78 is 132. The minimum atomic E-state index is -5.42. The summed E-state index contributed by atoms with van der Waals surface area (Å²) in [7, 11) is 0. The highest BCUT2D eigenvalue weighted by Gasteiger charge is 2.42. The van der Waals surface area contributed by atoms with E-state index < -0.39 is 58.3 Å². The van der Waals surface area contributed by atoms with Crippen molar-refractivity contribution >= 4 is 0 Å². The lowest BCUT2D eigenvalue weighted by molar-refractivity contribution is -0.188. The number of alkyl halides is 5. The Balaban J connectivity index is 1.89. The average Bonchev–Trinajstić information content (AvgIpc) is 2.62. The molecule has 0 spiro atoms. The van der Waals surface area contributed by atoms with Crippen LogP contribution in [0.2, 0.25) is 0 Å². The highest BCUT2D eigenvalue weighted by Crippen LogP contribution is 2.40. The summed E-state index contributed by atoms with van der Waals surface area (Å²) in [4.78, 5) is 0. The van der Waals surface area contributed by atoms with Crippen LogP contribution in [0, 0.1) is 23.3 Å². The minimum Gasteiger partial charge on any atom is -0.429 e. The monoisotopic (exact) mass is 458 g/mol. The first-order valence-electron chi connectivity index (χ1n) is 9.04. The van der Waals surface area contributed by atoms with Crippen LogP contribution in [-0.4, -0.2) is 12.7 Å². The van der Waals surface area contributed by atoms with Crippen molar-refractivity contribution in [1.29, 1.82) is 0 Å². The largest absolute Gasteiger partial charge is 0.429 e. The number of halogens is 9. The van der Waals surface area contributed by atoms with Crippen molar-refractivity contribution in [3.63, 3.8) is 0 Å². The van der Waals surface area contributed by atoms with Crippen LogP contribution < -0.4 is 4.74 Å². The van der Waals surface area contributed by atoms with Crippen LogP contribution in [0.15, 0.2) is 24.3 Å². The molecule has 1 fully saturated rings. The van der Waals surface area contributed by atoms with Crippen LogP contribution in [0.3, 0.4) is 0 Å². The molecule has 0 saturated carbocycles. The number of ether oxygens (including phenoxy) is 2. The fourth-order valence-corrected chi connectivity index (χ4v) is 3.32. The van der Waals surface area contributed by atoms with E-state index in [1.807, 2.05) is 0 Å². The van der Waals surface area contributed by atoms with Gasteiger partial charge in [0.25, 0.3) is 0 Å². The minimum absolute atomic E-state index is 0.0634. The lowest BCUT2D eigenvalue weighted by Gasteiger charge is -2.28. The second kappa shape index (κ2) is 8.25. The maximum Gasteiger partial charge on any atom is 0.429 e. The van der Waals surface area contributed by atoms with Gasteiger partial charge in [0.2, 0.25) is 0 Å². The Kier molecular flexibility index (Phi) is 6.18. The third kappa shape index (κ3) is 4.76. The Hall–Kier alpha value is -2.43. The molecule has 2 aromatic rings. The summed E-state index contributed by atoms with van der Waals surface area (Å²) in [6.45, 7) is 1.86. The summed E-state index contributed by atoms with van der Waals surface area (Å²) in [5, 5.41) is 0. The van der Waals surface area contributed by atoms with Gasteiger partial charge in [-0.25, -0.2) is 17.6 Å². The summed E-state index contributed by atoms with van der Waals surface area (Å²) in [6.07, 6.45) is -9.14. The van der Waals surface area contributed by atoms with Gasteiger partial charge < -0.3 is 9.47 Å². The summed E-state index contributed by atoms with van der Waals surface area (Å²) in [5.41, 5.74) is -4.07. The third-order valence-electron chi connectivity index (χ3n) is 4.91. The first-order chi connectivity index (χ1) is 14.3. The molecular formula is C20H15F9O2. The van der Waals surface area contributed by atoms with Crippen LogP contribution in [0.1, 0.15) is 42.4 Å². The van der Waals surface area contributed by atoms with E-state index in [0.29, 0.717) is 18.9 Å². The van der Waals surface area contributed by atoms with Crippen molar-refractivity contribution in [2.45, 2.75) is 44.1 Å². The molecule has 0 amide bonds. The summed E-state index contributed by atoms with van der Waals surface area (Å²) in [6, 6.07) is 1.22. The quantitative estimate of drug-likeness (QED) is 0.477. The Morgan fingerprint density at radius 3 is 2.03 bits per heavy atom. The fourth-order valence-electron chi connectivity index (χ4n) is 3.32. The Labute approximate surface area is 170 Å². The standard InChI is InChI=1S/C20H15F9O2/c1-9-2-3-10(8-30-9)12-4-5-13(18(24)17(12)23)20(28,29)31-11-6-14(21)16(15(22)7-11)19(25,26)27/h4-7,9-10H,2-3,8H2,1H3. The number of benzene rings is 2. The molecule has 0 N–H and O–H groups in total. The van der Waals surface area contributed by atoms with Crippen molar-refractivity contribution in [3.8, 4) is 5.75 Å². The maximum absolute atomic E-state index is 14.5. The van der Waals surface area contributed by atoms with Crippen LogP contribution in [-0.2, 0) is 17.0 Å². The second-order valence-corrected chi connectivity index (χ2v) is 7.13. The third-order valence-corrected chi connectivity index (χ3v) is 4.91. The predicted octanol–water partition coefficient (Wildman–Crippen LogP) is 6.67. The maximum atomic E-state index is 14.5. The Morgan fingerprint density at radius 1 is 0.903 bits per heavy atom. The van der Waals surface area contributed by atoms with E-state index in [-0.39, 0.29) is 30.4 Å². The molecular weight excluding hydrogens is 443 g/mol. The molecule has 1 heterocycles. The molecule has 31 heavy (non-hydrogen) atoms. The molecule has 1 aliphatic rings.